The second-order valence-corrected chi connectivity index (χ2v) is 3.40. The number of hydrogen-bond donors (Lipinski definition) is 1. The van der Waals surface area contributed by atoms with E-state index in [4.69, 9.17) is 0 Å². The Morgan fingerprint density at radius 2 is 2.24 bits per heavy atom. The minimum absolute atomic E-state index is 0.0745. The highest BCUT2D eigenvalue weighted by atomic mass is 16.5. The molecule has 1 aromatic rings. The highest BCUT2D eigenvalue weighted by Crippen LogP contribution is 1.97. The number of aryl methyl sites for hydroxylation is 1. The maximum Gasteiger partial charge on any atom is 0.325 e. The Morgan fingerprint density at radius 3 is 2.88 bits per heavy atom. The molecule has 5 nitrogen and oxygen atoms in total. The van der Waals surface area contributed by atoms with Gasteiger partial charge in [0, 0.05) is 18.3 Å². The normalized spacial score (nSPS) is 9.71. The molecule has 1 heterocycles. The van der Waals surface area contributed by atoms with Crippen LogP contribution in [0.15, 0.2) is 24.4 Å². The van der Waals surface area contributed by atoms with E-state index in [0.29, 0.717) is 19.4 Å². The third-order valence-electron chi connectivity index (χ3n) is 2.07. The van der Waals surface area contributed by atoms with E-state index in [9.17, 15) is 9.59 Å². The van der Waals surface area contributed by atoms with Crippen molar-refractivity contribution >= 4 is 11.9 Å². The topological polar surface area (TPSA) is 68.3 Å². The van der Waals surface area contributed by atoms with Crippen LogP contribution in [0.25, 0.3) is 0 Å². The van der Waals surface area contributed by atoms with Crippen LogP contribution in [-0.4, -0.2) is 30.0 Å². The van der Waals surface area contributed by atoms with Gasteiger partial charge in [-0.1, -0.05) is 6.07 Å². The van der Waals surface area contributed by atoms with Gasteiger partial charge in [0.25, 0.3) is 0 Å². The molecular weight excluding hydrogens is 220 g/mol. The summed E-state index contributed by atoms with van der Waals surface area (Å²) in [5.74, 6) is -0.595. The number of nitrogens with one attached hydrogen (secondary N) is 1. The van der Waals surface area contributed by atoms with E-state index in [1.165, 1.54) is 0 Å². The summed E-state index contributed by atoms with van der Waals surface area (Å²) >= 11 is 0. The largest absolute Gasteiger partial charge is 0.465 e. The van der Waals surface area contributed by atoms with Crippen molar-refractivity contribution < 1.29 is 14.3 Å². The SMILES string of the molecule is CCOC(=O)CNC(=O)CCc1ccccn1. The second kappa shape index (κ2) is 7.38. The van der Waals surface area contributed by atoms with Crippen LogP contribution in [0.2, 0.25) is 0 Å². The lowest BCUT2D eigenvalue weighted by atomic mass is 10.2. The van der Waals surface area contributed by atoms with Crippen molar-refractivity contribution in [1.82, 2.24) is 10.3 Å². The van der Waals surface area contributed by atoms with Gasteiger partial charge in [0.1, 0.15) is 6.54 Å². The van der Waals surface area contributed by atoms with Gasteiger partial charge in [0.2, 0.25) is 5.91 Å². The minimum Gasteiger partial charge on any atom is -0.465 e. The summed E-state index contributed by atoms with van der Waals surface area (Å²) in [7, 11) is 0. The quantitative estimate of drug-likeness (QED) is 0.738. The molecule has 5 heteroatoms. The molecule has 1 rings (SSSR count). The number of esters is 1. The number of nitrogens with zero attached hydrogens (tertiary/aromatic N) is 1. The molecule has 0 bridgehead atoms. The number of rotatable bonds is 6. The maximum atomic E-state index is 11.4. The first-order chi connectivity index (χ1) is 8.22. The number of carbonyl (C=O) groups is 2. The Bertz CT molecular complexity index is 365. The van der Waals surface area contributed by atoms with Crippen molar-refractivity contribution in [3.63, 3.8) is 0 Å². The van der Waals surface area contributed by atoms with Crippen LogP contribution in [0, 0.1) is 0 Å². The first-order valence-corrected chi connectivity index (χ1v) is 5.54. The molecule has 0 aliphatic carbocycles. The highest BCUT2D eigenvalue weighted by molar-refractivity contribution is 5.81. The molecular formula is C12H16N2O3. The lowest BCUT2D eigenvalue weighted by Gasteiger charge is -2.04. The Morgan fingerprint density at radius 1 is 1.41 bits per heavy atom. The smallest absolute Gasteiger partial charge is 0.325 e. The summed E-state index contributed by atoms with van der Waals surface area (Å²) in [4.78, 5) is 26.5. The number of pyridine rings is 1. The molecule has 0 saturated heterocycles. The molecule has 0 aliphatic heterocycles. The number of carbonyl (C=O) groups excluding carboxylic acids is 2. The number of amides is 1. The number of aromatic nitrogens is 1. The van der Waals surface area contributed by atoms with Crippen LogP contribution in [0.3, 0.4) is 0 Å². The average Bonchev–Trinajstić information content (AvgIpc) is 2.35. The molecule has 92 valence electrons. The van der Waals surface area contributed by atoms with E-state index in [1.807, 2.05) is 18.2 Å². The van der Waals surface area contributed by atoms with Crippen LogP contribution in [0.4, 0.5) is 0 Å². The van der Waals surface area contributed by atoms with Crippen LogP contribution in [0.1, 0.15) is 19.0 Å². The van der Waals surface area contributed by atoms with Gasteiger partial charge in [0.15, 0.2) is 0 Å². The molecule has 17 heavy (non-hydrogen) atoms. The Hall–Kier alpha value is -1.91. The summed E-state index contributed by atoms with van der Waals surface area (Å²) in [6, 6.07) is 5.56. The summed E-state index contributed by atoms with van der Waals surface area (Å²) in [6.45, 7) is 1.97. The lowest BCUT2D eigenvalue weighted by Crippen LogP contribution is -2.30. The first kappa shape index (κ1) is 13.2. The highest BCUT2D eigenvalue weighted by Gasteiger charge is 2.06. The number of ether oxygens (including phenoxy) is 1. The summed E-state index contributed by atoms with van der Waals surface area (Å²) in [6.07, 6.45) is 2.57. The Balaban J connectivity index is 2.20. The van der Waals surface area contributed by atoms with Crippen molar-refractivity contribution in [3.8, 4) is 0 Å². The average molecular weight is 236 g/mol. The van der Waals surface area contributed by atoms with Crippen molar-refractivity contribution in [3.05, 3.63) is 30.1 Å². The molecule has 0 aromatic carbocycles. The summed E-state index contributed by atoms with van der Waals surface area (Å²) < 4.78 is 4.69. The fourth-order valence-corrected chi connectivity index (χ4v) is 1.26. The van der Waals surface area contributed by atoms with Crippen LogP contribution in [0.5, 0.6) is 0 Å². The molecule has 0 saturated carbocycles. The van der Waals surface area contributed by atoms with Gasteiger partial charge in [0.05, 0.1) is 6.61 Å². The van der Waals surface area contributed by atoms with Gasteiger partial charge < -0.3 is 10.1 Å². The van der Waals surface area contributed by atoms with Crippen molar-refractivity contribution in [2.24, 2.45) is 0 Å². The van der Waals surface area contributed by atoms with E-state index in [-0.39, 0.29) is 12.5 Å². The molecule has 1 N–H and O–H groups in total. The minimum atomic E-state index is -0.418. The van der Waals surface area contributed by atoms with E-state index in [0.717, 1.165) is 5.69 Å². The van der Waals surface area contributed by atoms with Gasteiger partial charge in [-0.15, -0.1) is 0 Å². The van der Waals surface area contributed by atoms with Gasteiger partial charge in [-0.2, -0.15) is 0 Å². The van der Waals surface area contributed by atoms with Gasteiger partial charge in [-0.3, -0.25) is 14.6 Å². The van der Waals surface area contributed by atoms with E-state index >= 15 is 0 Å². The standard InChI is InChI=1S/C12H16N2O3/c1-2-17-12(16)9-14-11(15)7-6-10-5-3-4-8-13-10/h3-5,8H,2,6-7,9H2,1H3,(H,14,15). The maximum absolute atomic E-state index is 11.4. The molecule has 0 spiro atoms. The van der Waals surface area contributed by atoms with Crippen molar-refractivity contribution in [2.75, 3.05) is 13.2 Å². The second-order valence-electron chi connectivity index (χ2n) is 3.40. The lowest BCUT2D eigenvalue weighted by molar-refractivity contribution is -0.143. The number of hydrogen-bond acceptors (Lipinski definition) is 4. The fourth-order valence-electron chi connectivity index (χ4n) is 1.26. The molecule has 1 aromatic heterocycles. The molecule has 0 fully saturated rings. The van der Waals surface area contributed by atoms with Gasteiger partial charge in [-0.25, -0.2) is 0 Å². The van der Waals surface area contributed by atoms with E-state index < -0.39 is 5.97 Å². The molecule has 0 radical (unpaired) electrons. The van der Waals surface area contributed by atoms with Crippen LogP contribution < -0.4 is 5.32 Å². The molecule has 0 aliphatic rings. The molecule has 1 amide bonds. The zero-order chi connectivity index (χ0) is 12.5. The van der Waals surface area contributed by atoms with Gasteiger partial charge in [-0.05, 0) is 25.5 Å². The van der Waals surface area contributed by atoms with Crippen molar-refractivity contribution in [1.29, 1.82) is 0 Å². The van der Waals surface area contributed by atoms with Gasteiger partial charge >= 0.3 is 5.97 Å². The zero-order valence-electron chi connectivity index (χ0n) is 9.81. The van der Waals surface area contributed by atoms with E-state index in [2.05, 4.69) is 15.0 Å². The molecule has 0 atom stereocenters. The van der Waals surface area contributed by atoms with Crippen molar-refractivity contribution in [2.45, 2.75) is 19.8 Å². The molecule has 0 unspecified atom stereocenters. The van der Waals surface area contributed by atoms with Crippen LogP contribution >= 0.6 is 0 Å². The Kier molecular flexibility index (Phi) is 5.71. The first-order valence-electron chi connectivity index (χ1n) is 5.54. The third kappa shape index (κ3) is 5.65. The predicted octanol–water partition coefficient (Wildman–Crippen LogP) is 0.693. The van der Waals surface area contributed by atoms with E-state index in [1.54, 1.807) is 13.1 Å². The summed E-state index contributed by atoms with van der Waals surface area (Å²) in [5.41, 5.74) is 0.860. The third-order valence-corrected chi connectivity index (χ3v) is 2.07. The monoisotopic (exact) mass is 236 g/mol. The Labute approximate surface area is 100 Å². The fraction of sp³-hybridized carbons (Fsp3) is 0.417. The van der Waals surface area contributed by atoms with Crippen LogP contribution in [-0.2, 0) is 20.7 Å². The zero-order valence-corrected chi connectivity index (χ0v) is 9.81. The summed E-state index contributed by atoms with van der Waals surface area (Å²) in [5, 5.41) is 2.50. The predicted molar refractivity (Wildman–Crippen MR) is 62.2 cm³/mol.